The monoisotopic (exact) mass is 1020 g/mol. The summed E-state index contributed by atoms with van der Waals surface area (Å²) in [5.74, 6) is 0. The summed E-state index contributed by atoms with van der Waals surface area (Å²) in [7, 11) is 0. The normalized spacial score (nSPS) is 14.0. The van der Waals surface area contributed by atoms with E-state index in [1.165, 1.54) is 106 Å². The molecule has 79 heavy (non-hydrogen) atoms. The van der Waals surface area contributed by atoms with E-state index in [2.05, 4.69) is 315 Å². The summed E-state index contributed by atoms with van der Waals surface area (Å²) in [5.41, 5.74) is 28.1. The molecule has 3 aliphatic rings. The molecule has 2 aliphatic heterocycles. The number of anilines is 9. The highest BCUT2D eigenvalue weighted by atomic mass is 15.2. The number of hydrogen-bond acceptors (Lipinski definition) is 3. The lowest BCUT2D eigenvalue weighted by atomic mass is 9.33. The molecule has 0 N–H and O–H groups in total. The van der Waals surface area contributed by atoms with E-state index >= 15 is 0 Å². The summed E-state index contributed by atoms with van der Waals surface area (Å²) >= 11 is 0. The van der Waals surface area contributed by atoms with Gasteiger partial charge in [-0.15, -0.1) is 0 Å². The third-order valence-corrected chi connectivity index (χ3v) is 17.3. The SMILES string of the molecule is CC(C)(C)c1ccc(N2c3ccc(C(C)(C)C)cc3B3c4ccc(N(c5ccc(-c6ccccc6)cc5)c5ccc(-c6ccccc6)cc5)cc4N(c4ccc5c(c4)C(C)(C)c4ccccc4-5)c4cc(C(C)(C)C)cc2c43)cc1. The summed E-state index contributed by atoms with van der Waals surface area (Å²) in [6.07, 6.45) is 0. The van der Waals surface area contributed by atoms with Crippen molar-refractivity contribution in [1.82, 2.24) is 0 Å². The lowest BCUT2D eigenvalue weighted by molar-refractivity contribution is 0.589. The lowest BCUT2D eigenvalue weighted by Crippen LogP contribution is -2.61. The lowest BCUT2D eigenvalue weighted by Gasteiger charge is -2.46. The molecule has 4 heteroatoms. The highest BCUT2D eigenvalue weighted by Gasteiger charge is 2.46. The molecule has 13 rings (SSSR count). The van der Waals surface area contributed by atoms with Crippen LogP contribution in [0.3, 0.4) is 0 Å². The number of nitrogens with zero attached hydrogens (tertiary/aromatic N) is 3. The molecule has 0 unspecified atom stereocenters. The second kappa shape index (κ2) is 18.4. The van der Waals surface area contributed by atoms with Crippen molar-refractivity contribution in [1.29, 1.82) is 0 Å². The van der Waals surface area contributed by atoms with Gasteiger partial charge in [-0.3, -0.25) is 0 Å². The maximum absolute atomic E-state index is 2.64. The first-order valence-corrected chi connectivity index (χ1v) is 28.4. The van der Waals surface area contributed by atoms with Gasteiger partial charge in [0.15, 0.2) is 0 Å². The van der Waals surface area contributed by atoms with Gasteiger partial charge in [-0.05, 0) is 173 Å². The average molecular weight is 1020 g/mol. The second-order valence-corrected chi connectivity index (χ2v) is 25.9. The van der Waals surface area contributed by atoms with Crippen LogP contribution in [0, 0.1) is 0 Å². The summed E-state index contributed by atoms with van der Waals surface area (Å²) < 4.78 is 0. The molecule has 1 aliphatic carbocycles. The minimum absolute atomic E-state index is 0.0258. The molecule has 0 spiro atoms. The van der Waals surface area contributed by atoms with Gasteiger partial charge in [0.2, 0.25) is 0 Å². The molecule has 3 nitrogen and oxygen atoms in total. The van der Waals surface area contributed by atoms with Crippen LogP contribution in [0.1, 0.15) is 104 Å². The molecule has 10 aromatic carbocycles. The van der Waals surface area contributed by atoms with Gasteiger partial charge < -0.3 is 14.7 Å². The fourth-order valence-corrected chi connectivity index (χ4v) is 12.8. The van der Waals surface area contributed by atoms with Crippen molar-refractivity contribution < 1.29 is 0 Å². The van der Waals surface area contributed by atoms with E-state index in [-0.39, 0.29) is 28.4 Å². The van der Waals surface area contributed by atoms with Crippen LogP contribution in [0.4, 0.5) is 51.2 Å². The van der Waals surface area contributed by atoms with Crippen LogP contribution in [0.2, 0.25) is 0 Å². The third kappa shape index (κ3) is 8.50. The molecule has 0 bridgehead atoms. The number of rotatable bonds is 7. The Labute approximate surface area is 470 Å². The zero-order chi connectivity index (χ0) is 54.8. The van der Waals surface area contributed by atoms with Crippen LogP contribution < -0.4 is 31.1 Å². The van der Waals surface area contributed by atoms with Crippen LogP contribution in [0.15, 0.2) is 224 Å². The molecular formula is C75H70BN3. The summed E-state index contributed by atoms with van der Waals surface area (Å²) in [4.78, 5) is 7.67. The zero-order valence-corrected chi connectivity index (χ0v) is 47.8. The van der Waals surface area contributed by atoms with Crippen molar-refractivity contribution in [2.75, 3.05) is 14.7 Å². The van der Waals surface area contributed by atoms with Gasteiger partial charge in [0.25, 0.3) is 6.71 Å². The molecule has 0 saturated carbocycles. The van der Waals surface area contributed by atoms with Gasteiger partial charge >= 0.3 is 0 Å². The topological polar surface area (TPSA) is 9.72 Å². The van der Waals surface area contributed by atoms with E-state index in [0.29, 0.717) is 0 Å². The fraction of sp³-hybridized carbons (Fsp3) is 0.200. The highest BCUT2D eigenvalue weighted by Crippen LogP contribution is 2.53. The van der Waals surface area contributed by atoms with Gasteiger partial charge in [0.1, 0.15) is 0 Å². The molecule has 0 aromatic heterocycles. The molecule has 0 fully saturated rings. The van der Waals surface area contributed by atoms with Crippen molar-refractivity contribution in [3.8, 4) is 33.4 Å². The van der Waals surface area contributed by atoms with Crippen molar-refractivity contribution in [2.45, 2.75) is 97.8 Å². The van der Waals surface area contributed by atoms with Crippen LogP contribution >= 0.6 is 0 Å². The van der Waals surface area contributed by atoms with Crippen LogP contribution in [-0.2, 0) is 21.7 Å². The van der Waals surface area contributed by atoms with E-state index in [4.69, 9.17) is 0 Å². The molecule has 0 atom stereocenters. The molecule has 0 radical (unpaired) electrons. The van der Waals surface area contributed by atoms with Gasteiger partial charge in [-0.25, -0.2) is 0 Å². The van der Waals surface area contributed by atoms with Gasteiger partial charge in [-0.2, -0.15) is 0 Å². The third-order valence-electron chi connectivity index (χ3n) is 17.3. The summed E-state index contributed by atoms with van der Waals surface area (Å²) in [6, 6.07) is 85.1. The quantitative estimate of drug-likeness (QED) is 0.147. The van der Waals surface area contributed by atoms with Crippen molar-refractivity contribution in [2.24, 2.45) is 0 Å². The standard InChI is InChI=1S/C75H70BN3/c1-72(2,3)53-30-37-58(38-31-53)78-67-43-32-54(73(4,5)6)44-66(67)76-65-42-40-60(77(56-33-26-51(27-34-56)49-20-14-12-15-21-49)57-35-28-52(29-36-57)50-22-16-13-17-23-50)48-68(65)79(70-46-55(74(7,8)9)45-69(78)71(70)76)59-39-41-62-61-24-18-19-25-63(61)75(10,11)64(62)47-59/h12-48H,1-11H3. The Hall–Kier alpha value is -8.34. The number of hydrogen-bond donors (Lipinski definition) is 0. The van der Waals surface area contributed by atoms with E-state index in [1.54, 1.807) is 0 Å². The predicted molar refractivity (Wildman–Crippen MR) is 340 cm³/mol. The summed E-state index contributed by atoms with van der Waals surface area (Å²) in [5, 5.41) is 0. The minimum Gasteiger partial charge on any atom is -0.311 e. The van der Waals surface area contributed by atoms with E-state index in [9.17, 15) is 0 Å². The Morgan fingerprint density at radius 2 is 0.823 bits per heavy atom. The molecule has 2 heterocycles. The van der Waals surface area contributed by atoms with Crippen LogP contribution in [-0.4, -0.2) is 6.71 Å². The molecular weight excluding hydrogens is 954 g/mol. The van der Waals surface area contributed by atoms with Crippen molar-refractivity contribution in [3.63, 3.8) is 0 Å². The maximum Gasteiger partial charge on any atom is 0.252 e. The van der Waals surface area contributed by atoms with E-state index in [1.807, 2.05) is 0 Å². The first-order valence-electron chi connectivity index (χ1n) is 28.4. The number of benzene rings is 10. The first-order chi connectivity index (χ1) is 37.8. The van der Waals surface area contributed by atoms with Crippen LogP contribution in [0.5, 0.6) is 0 Å². The predicted octanol–water partition coefficient (Wildman–Crippen LogP) is 18.8. The zero-order valence-electron chi connectivity index (χ0n) is 47.8. The van der Waals surface area contributed by atoms with Gasteiger partial charge in [0.05, 0.1) is 0 Å². The Morgan fingerprint density at radius 1 is 0.342 bits per heavy atom. The second-order valence-electron chi connectivity index (χ2n) is 25.9. The maximum atomic E-state index is 2.64. The first kappa shape index (κ1) is 50.2. The molecule has 0 saturated heterocycles. The van der Waals surface area contributed by atoms with Crippen molar-refractivity contribution >= 4 is 74.3 Å². The summed E-state index contributed by atoms with van der Waals surface area (Å²) in [6.45, 7) is 25.8. The molecule has 0 amide bonds. The van der Waals surface area contributed by atoms with Crippen molar-refractivity contribution in [3.05, 3.63) is 252 Å². The van der Waals surface area contributed by atoms with Gasteiger partial charge in [0, 0.05) is 56.6 Å². The minimum atomic E-state index is -0.190. The highest BCUT2D eigenvalue weighted by molar-refractivity contribution is 7.00. The Kier molecular flexibility index (Phi) is 11.7. The smallest absolute Gasteiger partial charge is 0.252 e. The van der Waals surface area contributed by atoms with Crippen LogP contribution in [0.25, 0.3) is 33.4 Å². The Morgan fingerprint density at radius 3 is 1.39 bits per heavy atom. The Bertz CT molecular complexity index is 3880. The molecule has 388 valence electrons. The average Bonchev–Trinajstić information content (AvgIpc) is 3.44. The number of fused-ring (bicyclic) bond motifs is 7. The largest absolute Gasteiger partial charge is 0.311 e. The van der Waals surface area contributed by atoms with Gasteiger partial charge in [-0.1, -0.05) is 222 Å². The van der Waals surface area contributed by atoms with E-state index in [0.717, 1.165) is 22.7 Å². The van der Waals surface area contributed by atoms with E-state index < -0.39 is 0 Å². The molecule has 10 aromatic rings. The fourth-order valence-electron chi connectivity index (χ4n) is 12.8. The Balaban J connectivity index is 1.09.